The van der Waals surface area contributed by atoms with E-state index in [9.17, 15) is 9.59 Å². The Morgan fingerprint density at radius 3 is 2.55 bits per heavy atom. The fourth-order valence-electron chi connectivity index (χ4n) is 2.49. The molecule has 1 aliphatic rings. The molecule has 1 saturated heterocycles. The number of nitrogens with zero attached hydrogens (tertiary/aromatic N) is 1. The molecule has 2 rings (SSSR count). The van der Waals surface area contributed by atoms with Crippen LogP contribution >= 0.6 is 11.6 Å². The van der Waals surface area contributed by atoms with Crippen molar-refractivity contribution in [2.75, 3.05) is 20.2 Å². The van der Waals surface area contributed by atoms with Crippen molar-refractivity contribution in [3.8, 4) is 0 Å². The van der Waals surface area contributed by atoms with Gasteiger partial charge < -0.3 is 9.64 Å². The minimum Gasteiger partial charge on any atom is -0.469 e. The van der Waals surface area contributed by atoms with Crippen LogP contribution in [-0.4, -0.2) is 37.0 Å². The second-order valence-corrected chi connectivity index (χ2v) is 5.41. The third-order valence-electron chi connectivity index (χ3n) is 3.81. The molecule has 1 aromatic carbocycles. The highest BCUT2D eigenvalue weighted by molar-refractivity contribution is 6.31. The van der Waals surface area contributed by atoms with Crippen molar-refractivity contribution in [2.24, 2.45) is 5.92 Å². The first-order valence-corrected chi connectivity index (χ1v) is 7.04. The Morgan fingerprint density at radius 1 is 1.30 bits per heavy atom. The molecule has 0 N–H and O–H groups in total. The second-order valence-electron chi connectivity index (χ2n) is 5.00. The fraction of sp³-hybridized carbons (Fsp3) is 0.467. The molecule has 0 aliphatic carbocycles. The Bertz CT molecular complexity index is 522. The summed E-state index contributed by atoms with van der Waals surface area (Å²) in [4.78, 5) is 25.7. The van der Waals surface area contributed by atoms with Crippen LogP contribution in [0.25, 0.3) is 0 Å². The lowest BCUT2D eigenvalue weighted by atomic mass is 9.96. The molecule has 0 radical (unpaired) electrons. The van der Waals surface area contributed by atoms with Crippen molar-refractivity contribution in [3.63, 3.8) is 0 Å². The molecule has 1 aliphatic heterocycles. The molecule has 108 valence electrons. The van der Waals surface area contributed by atoms with Crippen LogP contribution in [0.3, 0.4) is 0 Å². The van der Waals surface area contributed by atoms with Crippen molar-refractivity contribution >= 4 is 23.5 Å². The van der Waals surface area contributed by atoms with Crippen molar-refractivity contribution in [3.05, 3.63) is 34.3 Å². The Hall–Kier alpha value is -1.55. The lowest BCUT2D eigenvalue weighted by Crippen LogP contribution is -2.40. The van der Waals surface area contributed by atoms with Gasteiger partial charge in [0, 0.05) is 23.7 Å². The van der Waals surface area contributed by atoms with Gasteiger partial charge in [-0.05, 0) is 37.5 Å². The molecule has 1 aromatic rings. The van der Waals surface area contributed by atoms with Gasteiger partial charge in [-0.1, -0.05) is 17.7 Å². The number of rotatable bonds is 2. The molecule has 1 amide bonds. The molecule has 0 spiro atoms. The Morgan fingerprint density at radius 2 is 1.95 bits per heavy atom. The van der Waals surface area contributed by atoms with E-state index in [0.29, 0.717) is 36.5 Å². The second kappa shape index (κ2) is 6.27. The van der Waals surface area contributed by atoms with Crippen LogP contribution in [0.15, 0.2) is 18.2 Å². The van der Waals surface area contributed by atoms with Crippen LogP contribution in [0.5, 0.6) is 0 Å². The van der Waals surface area contributed by atoms with Crippen molar-refractivity contribution < 1.29 is 14.3 Å². The number of methoxy groups -OCH3 is 1. The number of hydrogen-bond acceptors (Lipinski definition) is 3. The van der Waals surface area contributed by atoms with Gasteiger partial charge in [0.1, 0.15) is 0 Å². The zero-order chi connectivity index (χ0) is 14.7. The number of ether oxygens (including phenoxy) is 1. The summed E-state index contributed by atoms with van der Waals surface area (Å²) >= 11 is 6.05. The minimum atomic E-state index is -0.184. The summed E-state index contributed by atoms with van der Waals surface area (Å²) < 4.78 is 4.75. The van der Waals surface area contributed by atoms with E-state index in [4.69, 9.17) is 16.3 Å². The van der Waals surface area contributed by atoms with Crippen LogP contribution in [0.4, 0.5) is 0 Å². The van der Waals surface area contributed by atoms with Crippen molar-refractivity contribution in [1.82, 2.24) is 4.90 Å². The van der Waals surface area contributed by atoms with E-state index in [0.717, 1.165) is 5.56 Å². The van der Waals surface area contributed by atoms with E-state index in [1.54, 1.807) is 23.1 Å². The zero-order valence-electron chi connectivity index (χ0n) is 11.7. The van der Waals surface area contributed by atoms with E-state index in [2.05, 4.69) is 0 Å². The molecule has 5 heteroatoms. The molecule has 0 bridgehead atoms. The monoisotopic (exact) mass is 295 g/mol. The number of halogens is 1. The van der Waals surface area contributed by atoms with Crippen molar-refractivity contribution in [2.45, 2.75) is 19.8 Å². The summed E-state index contributed by atoms with van der Waals surface area (Å²) in [5, 5.41) is 0.597. The van der Waals surface area contributed by atoms with E-state index < -0.39 is 0 Å². The van der Waals surface area contributed by atoms with Crippen LogP contribution < -0.4 is 0 Å². The third kappa shape index (κ3) is 2.96. The van der Waals surface area contributed by atoms with Gasteiger partial charge in [0.25, 0.3) is 5.91 Å². The molecular weight excluding hydrogens is 278 g/mol. The normalized spacial score (nSPS) is 16.1. The number of hydrogen-bond donors (Lipinski definition) is 0. The van der Waals surface area contributed by atoms with Crippen LogP contribution in [0.2, 0.25) is 5.02 Å². The topological polar surface area (TPSA) is 46.6 Å². The predicted molar refractivity (Wildman–Crippen MR) is 76.8 cm³/mol. The van der Waals surface area contributed by atoms with Crippen LogP contribution in [0.1, 0.15) is 28.8 Å². The summed E-state index contributed by atoms with van der Waals surface area (Å²) in [5.74, 6) is -0.297. The maximum Gasteiger partial charge on any atom is 0.308 e. The molecule has 0 saturated carbocycles. The van der Waals surface area contributed by atoms with E-state index in [1.807, 2.05) is 6.92 Å². The molecule has 0 aromatic heterocycles. The lowest BCUT2D eigenvalue weighted by Gasteiger charge is -2.31. The summed E-state index contributed by atoms with van der Waals surface area (Å²) in [6.07, 6.45) is 1.30. The summed E-state index contributed by atoms with van der Waals surface area (Å²) in [7, 11) is 1.40. The SMILES string of the molecule is COC(=O)C1CCN(C(=O)c2cccc(Cl)c2C)CC1. The fourth-order valence-corrected chi connectivity index (χ4v) is 2.67. The van der Waals surface area contributed by atoms with Gasteiger partial charge in [0.2, 0.25) is 0 Å². The number of carbonyl (C=O) groups is 2. The van der Waals surface area contributed by atoms with Gasteiger partial charge >= 0.3 is 5.97 Å². The largest absolute Gasteiger partial charge is 0.469 e. The molecule has 20 heavy (non-hydrogen) atoms. The van der Waals surface area contributed by atoms with Gasteiger partial charge in [-0.2, -0.15) is 0 Å². The third-order valence-corrected chi connectivity index (χ3v) is 4.22. The Balaban J connectivity index is 2.05. The first-order valence-electron chi connectivity index (χ1n) is 6.66. The number of piperidine rings is 1. The van der Waals surface area contributed by atoms with Gasteiger partial charge in [0.15, 0.2) is 0 Å². The van der Waals surface area contributed by atoms with Crippen molar-refractivity contribution in [1.29, 1.82) is 0 Å². The lowest BCUT2D eigenvalue weighted by molar-refractivity contribution is -0.146. The molecule has 0 atom stereocenters. The van der Waals surface area contributed by atoms with Gasteiger partial charge in [-0.25, -0.2) is 0 Å². The van der Waals surface area contributed by atoms with E-state index >= 15 is 0 Å². The molecule has 1 heterocycles. The van der Waals surface area contributed by atoms with Gasteiger partial charge in [-0.3, -0.25) is 9.59 Å². The first-order chi connectivity index (χ1) is 9.54. The Kier molecular flexibility index (Phi) is 4.65. The zero-order valence-corrected chi connectivity index (χ0v) is 12.4. The van der Waals surface area contributed by atoms with E-state index in [-0.39, 0.29) is 17.8 Å². The first kappa shape index (κ1) is 14.9. The Labute approximate surface area is 123 Å². The maximum atomic E-state index is 12.5. The predicted octanol–water partition coefficient (Wildman–Crippen LogP) is 2.67. The summed E-state index contributed by atoms with van der Waals surface area (Å²) in [6.45, 7) is 2.99. The summed E-state index contributed by atoms with van der Waals surface area (Å²) in [6, 6.07) is 5.34. The molecule has 1 fully saturated rings. The van der Waals surface area contributed by atoms with Gasteiger partial charge in [0.05, 0.1) is 13.0 Å². The number of carbonyl (C=O) groups excluding carboxylic acids is 2. The van der Waals surface area contributed by atoms with Gasteiger partial charge in [-0.15, -0.1) is 0 Å². The average Bonchev–Trinajstić information content (AvgIpc) is 2.48. The van der Waals surface area contributed by atoms with Crippen LogP contribution in [-0.2, 0) is 9.53 Å². The average molecular weight is 296 g/mol. The molecule has 0 unspecified atom stereocenters. The molecular formula is C15H18ClNO3. The smallest absolute Gasteiger partial charge is 0.308 e. The minimum absolute atomic E-state index is 0.0201. The highest BCUT2D eigenvalue weighted by atomic mass is 35.5. The highest BCUT2D eigenvalue weighted by Crippen LogP contribution is 2.23. The van der Waals surface area contributed by atoms with E-state index in [1.165, 1.54) is 7.11 Å². The number of amides is 1. The highest BCUT2D eigenvalue weighted by Gasteiger charge is 2.28. The summed E-state index contributed by atoms with van der Waals surface area (Å²) in [5.41, 5.74) is 1.43. The quantitative estimate of drug-likeness (QED) is 0.788. The molecule has 4 nitrogen and oxygen atoms in total. The standard InChI is InChI=1S/C15H18ClNO3/c1-10-12(4-3-5-13(10)16)14(18)17-8-6-11(7-9-17)15(19)20-2/h3-5,11H,6-9H2,1-2H3. The maximum absolute atomic E-state index is 12.5. The number of esters is 1. The van der Waals surface area contributed by atoms with Crippen LogP contribution in [0, 0.1) is 12.8 Å². The number of benzene rings is 1. The number of likely N-dealkylation sites (tertiary alicyclic amines) is 1.